The fourth-order valence-electron chi connectivity index (χ4n) is 1.00. The smallest absolute Gasteiger partial charge is 0.298 e. The van der Waals surface area contributed by atoms with Crippen molar-refractivity contribution in [3.63, 3.8) is 0 Å². The Hall–Kier alpha value is -1.23. The average molecular weight is 227 g/mol. The highest BCUT2D eigenvalue weighted by atomic mass is 79.9. The second-order valence-corrected chi connectivity index (χ2v) is 3.25. The van der Waals surface area contributed by atoms with Crippen LogP contribution in [0, 0.1) is 0 Å². The van der Waals surface area contributed by atoms with E-state index in [0.717, 1.165) is 4.47 Å². The van der Waals surface area contributed by atoms with Crippen LogP contribution < -0.4 is 5.32 Å². The number of aromatic nitrogens is 1. The number of hydrogen-bond acceptors (Lipinski definition) is 3. The van der Waals surface area contributed by atoms with Gasteiger partial charge in [-0.3, -0.25) is 9.59 Å². The SMILES string of the molecule is O=C1Nc2cc(Br)cnc2C1=O. The fourth-order valence-corrected chi connectivity index (χ4v) is 1.33. The molecule has 0 bridgehead atoms. The van der Waals surface area contributed by atoms with Gasteiger partial charge in [0.05, 0.1) is 5.69 Å². The Kier molecular flexibility index (Phi) is 1.47. The van der Waals surface area contributed by atoms with Crippen molar-refractivity contribution >= 4 is 33.3 Å². The van der Waals surface area contributed by atoms with Gasteiger partial charge in [-0.25, -0.2) is 4.98 Å². The second-order valence-electron chi connectivity index (χ2n) is 2.33. The molecule has 60 valence electrons. The number of hydrogen-bond donors (Lipinski definition) is 1. The van der Waals surface area contributed by atoms with Crippen LogP contribution in [-0.4, -0.2) is 16.7 Å². The van der Waals surface area contributed by atoms with Crippen LogP contribution in [0.1, 0.15) is 10.5 Å². The third-order valence-electron chi connectivity index (χ3n) is 1.52. The topological polar surface area (TPSA) is 59.1 Å². The van der Waals surface area contributed by atoms with Gasteiger partial charge < -0.3 is 5.32 Å². The van der Waals surface area contributed by atoms with Gasteiger partial charge in [0.15, 0.2) is 0 Å². The zero-order chi connectivity index (χ0) is 8.72. The third kappa shape index (κ3) is 0.937. The van der Waals surface area contributed by atoms with E-state index in [1.807, 2.05) is 0 Å². The molecule has 0 radical (unpaired) electrons. The summed E-state index contributed by atoms with van der Waals surface area (Å²) in [5, 5.41) is 2.41. The van der Waals surface area contributed by atoms with E-state index in [-0.39, 0.29) is 5.69 Å². The summed E-state index contributed by atoms with van der Waals surface area (Å²) in [6.45, 7) is 0. The number of carbonyl (C=O) groups excluding carboxylic acids is 2. The summed E-state index contributed by atoms with van der Waals surface area (Å²) in [5.74, 6) is -1.19. The molecule has 1 aliphatic heterocycles. The Morgan fingerprint density at radius 1 is 1.42 bits per heavy atom. The van der Waals surface area contributed by atoms with E-state index in [9.17, 15) is 9.59 Å². The zero-order valence-corrected chi connectivity index (χ0v) is 7.38. The van der Waals surface area contributed by atoms with Crippen molar-refractivity contribution in [2.45, 2.75) is 0 Å². The van der Waals surface area contributed by atoms with Crippen molar-refractivity contribution in [1.82, 2.24) is 4.98 Å². The molecule has 0 fully saturated rings. The lowest BCUT2D eigenvalue weighted by Crippen LogP contribution is -2.12. The molecule has 0 saturated heterocycles. The Morgan fingerprint density at radius 3 is 2.92 bits per heavy atom. The molecule has 12 heavy (non-hydrogen) atoms. The number of pyridine rings is 1. The van der Waals surface area contributed by atoms with Crippen LogP contribution in [0.2, 0.25) is 0 Å². The fraction of sp³-hybridized carbons (Fsp3) is 0. The highest BCUT2D eigenvalue weighted by Crippen LogP contribution is 2.23. The maximum atomic E-state index is 11.0. The summed E-state index contributed by atoms with van der Waals surface area (Å²) in [4.78, 5) is 25.7. The second kappa shape index (κ2) is 2.38. The van der Waals surface area contributed by atoms with Gasteiger partial charge in [-0.15, -0.1) is 0 Å². The lowest BCUT2D eigenvalue weighted by atomic mass is 10.3. The number of nitrogens with zero attached hydrogens (tertiary/aromatic N) is 1. The summed E-state index contributed by atoms with van der Waals surface area (Å²) >= 11 is 3.18. The quantitative estimate of drug-likeness (QED) is 0.672. The van der Waals surface area contributed by atoms with Crippen molar-refractivity contribution in [3.05, 3.63) is 22.4 Å². The number of rotatable bonds is 0. The van der Waals surface area contributed by atoms with Crippen LogP contribution in [0.25, 0.3) is 0 Å². The maximum Gasteiger partial charge on any atom is 0.298 e. The van der Waals surface area contributed by atoms with Crippen molar-refractivity contribution in [3.8, 4) is 0 Å². The van der Waals surface area contributed by atoms with Gasteiger partial charge in [0, 0.05) is 10.7 Å². The molecule has 5 heteroatoms. The number of Topliss-reactive ketones (excluding diaryl/α,β-unsaturated/α-hetero) is 1. The summed E-state index contributed by atoms with van der Waals surface area (Å²) in [6.07, 6.45) is 1.48. The first-order valence-electron chi connectivity index (χ1n) is 3.20. The molecule has 0 spiro atoms. The van der Waals surface area contributed by atoms with Gasteiger partial charge in [-0.2, -0.15) is 0 Å². The van der Waals surface area contributed by atoms with Gasteiger partial charge in [0.2, 0.25) is 0 Å². The standard InChI is InChI=1S/C7H3BrN2O2/c8-3-1-4-5(9-2-3)6(11)7(12)10-4/h1-2H,(H,10,11,12). The van der Waals surface area contributed by atoms with Crippen LogP contribution in [0.5, 0.6) is 0 Å². The Balaban J connectivity index is 2.62. The minimum atomic E-state index is -0.615. The molecule has 0 aromatic carbocycles. The van der Waals surface area contributed by atoms with Gasteiger partial charge in [-0.1, -0.05) is 0 Å². The highest BCUT2D eigenvalue weighted by Gasteiger charge is 2.29. The Bertz CT molecular complexity index is 389. The number of anilines is 1. The van der Waals surface area contributed by atoms with Gasteiger partial charge in [-0.05, 0) is 22.0 Å². The summed E-state index contributed by atoms with van der Waals surface area (Å²) < 4.78 is 0.733. The number of halogens is 1. The van der Waals surface area contributed by atoms with E-state index in [0.29, 0.717) is 5.69 Å². The first-order valence-corrected chi connectivity index (χ1v) is 3.99. The molecule has 0 unspecified atom stereocenters. The number of ketones is 1. The van der Waals surface area contributed by atoms with Crippen LogP contribution in [0.4, 0.5) is 5.69 Å². The van der Waals surface area contributed by atoms with Crippen molar-refractivity contribution in [2.75, 3.05) is 5.32 Å². The predicted octanol–water partition coefficient (Wildman–Crippen LogP) is 0.979. The lowest BCUT2D eigenvalue weighted by Gasteiger charge is -1.94. The van der Waals surface area contributed by atoms with Crippen LogP contribution in [0.15, 0.2) is 16.7 Å². The molecule has 0 aliphatic carbocycles. The van der Waals surface area contributed by atoms with E-state index in [1.54, 1.807) is 6.07 Å². The average Bonchev–Trinajstić information content (AvgIpc) is 2.28. The minimum absolute atomic E-state index is 0.197. The molecule has 1 N–H and O–H groups in total. The van der Waals surface area contributed by atoms with Crippen molar-refractivity contribution < 1.29 is 9.59 Å². The molecule has 4 nitrogen and oxygen atoms in total. The number of amides is 1. The molecule has 1 aliphatic rings. The van der Waals surface area contributed by atoms with Crippen LogP contribution in [0.3, 0.4) is 0 Å². The van der Waals surface area contributed by atoms with E-state index >= 15 is 0 Å². The molecule has 0 atom stereocenters. The van der Waals surface area contributed by atoms with Crippen molar-refractivity contribution in [2.24, 2.45) is 0 Å². The van der Waals surface area contributed by atoms with Crippen molar-refractivity contribution in [1.29, 1.82) is 0 Å². The Morgan fingerprint density at radius 2 is 2.17 bits per heavy atom. The molecule has 2 heterocycles. The van der Waals surface area contributed by atoms with Gasteiger partial charge in [0.25, 0.3) is 11.7 Å². The highest BCUT2D eigenvalue weighted by molar-refractivity contribution is 9.10. The van der Waals surface area contributed by atoms with Gasteiger partial charge >= 0.3 is 0 Å². The first-order chi connectivity index (χ1) is 5.68. The number of nitrogens with one attached hydrogen (secondary N) is 1. The lowest BCUT2D eigenvalue weighted by molar-refractivity contribution is -0.112. The normalized spacial score (nSPS) is 14.4. The number of carbonyl (C=O) groups is 2. The Labute approximate surface area is 76.1 Å². The largest absolute Gasteiger partial charge is 0.317 e. The molecule has 0 saturated carbocycles. The molecular weight excluding hydrogens is 224 g/mol. The third-order valence-corrected chi connectivity index (χ3v) is 1.96. The first kappa shape index (κ1) is 7.42. The summed E-state index contributed by atoms with van der Waals surface area (Å²) in [7, 11) is 0. The van der Waals surface area contributed by atoms with Crippen LogP contribution in [-0.2, 0) is 4.79 Å². The van der Waals surface area contributed by atoms with E-state index < -0.39 is 11.7 Å². The van der Waals surface area contributed by atoms with E-state index in [1.165, 1.54) is 6.20 Å². The molecule has 1 aromatic rings. The number of fused-ring (bicyclic) bond motifs is 1. The van der Waals surface area contributed by atoms with E-state index in [2.05, 4.69) is 26.2 Å². The molecule has 2 rings (SSSR count). The molecular formula is C7H3BrN2O2. The zero-order valence-electron chi connectivity index (χ0n) is 5.80. The van der Waals surface area contributed by atoms with E-state index in [4.69, 9.17) is 0 Å². The monoisotopic (exact) mass is 226 g/mol. The summed E-state index contributed by atoms with van der Waals surface area (Å²) in [6, 6.07) is 1.64. The minimum Gasteiger partial charge on any atom is -0.317 e. The summed E-state index contributed by atoms with van der Waals surface area (Å²) in [5.41, 5.74) is 0.669. The van der Waals surface area contributed by atoms with Crippen LogP contribution >= 0.6 is 15.9 Å². The molecule has 1 amide bonds. The maximum absolute atomic E-state index is 11.0. The molecule has 1 aromatic heterocycles. The van der Waals surface area contributed by atoms with Gasteiger partial charge in [0.1, 0.15) is 5.69 Å². The predicted molar refractivity (Wildman–Crippen MR) is 44.9 cm³/mol.